The van der Waals surface area contributed by atoms with Gasteiger partial charge in [-0.25, -0.2) is 19.7 Å². The van der Waals surface area contributed by atoms with Crippen molar-refractivity contribution in [3.8, 4) is 22.8 Å². The largest absolute Gasteiger partial charge is 0.476 e. The number of nitrogens with zero attached hydrogens (tertiary/aromatic N) is 5. The molecule has 10 nitrogen and oxygen atoms in total. The summed E-state index contributed by atoms with van der Waals surface area (Å²) in [4.78, 5) is 42.5. The highest BCUT2D eigenvalue weighted by molar-refractivity contribution is 6.29. The Morgan fingerprint density at radius 1 is 1.11 bits per heavy atom. The van der Waals surface area contributed by atoms with Gasteiger partial charge in [0.05, 0.1) is 28.8 Å². The molecule has 0 aliphatic heterocycles. The van der Waals surface area contributed by atoms with Gasteiger partial charge in [-0.1, -0.05) is 17.7 Å². The minimum atomic E-state index is -1.21. The predicted octanol–water partition coefficient (Wildman–Crippen LogP) is 5.19. The summed E-state index contributed by atoms with van der Waals surface area (Å²) in [5.41, 5.74) is 3.25. The molecule has 1 atom stereocenters. The van der Waals surface area contributed by atoms with Crippen molar-refractivity contribution in [3.63, 3.8) is 0 Å². The van der Waals surface area contributed by atoms with E-state index in [1.807, 2.05) is 26.0 Å². The third kappa shape index (κ3) is 4.61. The van der Waals surface area contributed by atoms with Gasteiger partial charge in [-0.2, -0.15) is 0 Å². The van der Waals surface area contributed by atoms with E-state index in [2.05, 4.69) is 20.3 Å². The molecule has 1 aromatic carbocycles. The van der Waals surface area contributed by atoms with Crippen LogP contribution in [-0.2, 0) is 7.05 Å². The van der Waals surface area contributed by atoms with E-state index in [0.29, 0.717) is 45.3 Å². The van der Waals surface area contributed by atoms with Crippen LogP contribution < -0.4 is 10.9 Å². The number of hydrogen-bond donors (Lipinski definition) is 2. The third-order valence-electron chi connectivity index (χ3n) is 6.15. The van der Waals surface area contributed by atoms with E-state index in [1.165, 1.54) is 10.6 Å². The summed E-state index contributed by atoms with van der Waals surface area (Å²) in [7, 11) is 1.67. The summed E-state index contributed by atoms with van der Waals surface area (Å²) in [6.45, 7) is 5.51. The normalized spacial score (nSPS) is 12.0. The standard InChI is InChI=1S/C27H23ClN6O4/c1-13-9-17(14(2)31-20-7-8-22(28)32-24(20)27(36)37)23-18(10-13)26(35)34(4)25(33-23)16-5-6-19(30-11-16)21-12-29-15(3)38-21/h5-12,14,31H,1-4H3,(H,36,37)/t14-/m1/s1. The lowest BCUT2D eigenvalue weighted by Crippen LogP contribution is -2.22. The number of anilines is 1. The number of halogens is 1. The smallest absolute Gasteiger partial charge is 0.356 e. The molecule has 11 heteroatoms. The van der Waals surface area contributed by atoms with E-state index in [9.17, 15) is 14.7 Å². The van der Waals surface area contributed by atoms with Crippen molar-refractivity contribution < 1.29 is 14.3 Å². The predicted molar refractivity (Wildman–Crippen MR) is 143 cm³/mol. The van der Waals surface area contributed by atoms with Gasteiger partial charge in [0.25, 0.3) is 5.56 Å². The van der Waals surface area contributed by atoms with Gasteiger partial charge >= 0.3 is 5.97 Å². The van der Waals surface area contributed by atoms with Crippen LogP contribution in [0.5, 0.6) is 0 Å². The van der Waals surface area contributed by atoms with Crippen LogP contribution in [0.25, 0.3) is 33.7 Å². The highest BCUT2D eigenvalue weighted by Gasteiger charge is 2.20. The Hall–Kier alpha value is -4.57. The minimum Gasteiger partial charge on any atom is -0.476 e. The molecule has 4 aromatic heterocycles. The molecule has 0 saturated heterocycles. The first-order chi connectivity index (χ1) is 18.1. The van der Waals surface area contributed by atoms with E-state index in [-0.39, 0.29) is 16.4 Å². The number of aromatic nitrogens is 5. The van der Waals surface area contributed by atoms with Crippen molar-refractivity contribution in [1.82, 2.24) is 24.5 Å². The number of carbonyl (C=O) groups is 1. The molecule has 0 spiro atoms. The molecule has 0 saturated carbocycles. The zero-order chi connectivity index (χ0) is 27.1. The van der Waals surface area contributed by atoms with Crippen LogP contribution in [0.15, 0.2) is 58.0 Å². The molecule has 5 aromatic rings. The molecule has 2 N–H and O–H groups in total. The first kappa shape index (κ1) is 25.1. The molecule has 0 bridgehead atoms. The lowest BCUT2D eigenvalue weighted by Gasteiger charge is -2.20. The molecular formula is C27H23ClN6O4. The van der Waals surface area contributed by atoms with Gasteiger partial charge in [0.2, 0.25) is 0 Å². The number of pyridine rings is 2. The molecule has 4 heterocycles. The highest BCUT2D eigenvalue weighted by atomic mass is 35.5. The second-order valence-corrected chi connectivity index (χ2v) is 9.31. The molecule has 0 aliphatic rings. The van der Waals surface area contributed by atoms with Gasteiger partial charge in [-0.15, -0.1) is 0 Å². The van der Waals surface area contributed by atoms with Crippen molar-refractivity contribution in [2.75, 3.05) is 5.32 Å². The Morgan fingerprint density at radius 2 is 1.89 bits per heavy atom. The fourth-order valence-corrected chi connectivity index (χ4v) is 4.47. The van der Waals surface area contributed by atoms with Crippen LogP contribution in [0, 0.1) is 13.8 Å². The number of fused-ring (bicyclic) bond motifs is 1. The number of hydrogen-bond acceptors (Lipinski definition) is 8. The van der Waals surface area contributed by atoms with Gasteiger partial charge in [0, 0.05) is 31.3 Å². The molecule has 192 valence electrons. The minimum absolute atomic E-state index is 0.0782. The number of oxazole rings is 1. The Kier molecular flexibility index (Phi) is 6.41. The van der Waals surface area contributed by atoms with Crippen LogP contribution in [0.3, 0.4) is 0 Å². The molecular weight excluding hydrogens is 508 g/mol. The van der Waals surface area contributed by atoms with E-state index >= 15 is 0 Å². The third-order valence-corrected chi connectivity index (χ3v) is 6.36. The van der Waals surface area contributed by atoms with E-state index in [1.54, 1.807) is 44.6 Å². The second kappa shape index (κ2) is 9.71. The number of benzene rings is 1. The van der Waals surface area contributed by atoms with Crippen LogP contribution in [0.2, 0.25) is 5.15 Å². The summed E-state index contributed by atoms with van der Waals surface area (Å²) in [5.74, 6) is 0.318. The summed E-state index contributed by atoms with van der Waals surface area (Å²) in [6, 6.07) is 9.99. The fraction of sp³-hybridized carbons (Fsp3) is 0.185. The number of carboxylic acids is 1. The van der Waals surface area contributed by atoms with Crippen molar-refractivity contribution in [2.45, 2.75) is 26.8 Å². The first-order valence-electron chi connectivity index (χ1n) is 11.7. The number of carboxylic acid groups (broad SMARTS) is 1. The van der Waals surface area contributed by atoms with Crippen molar-refractivity contribution in [2.24, 2.45) is 7.05 Å². The van der Waals surface area contributed by atoms with Crippen molar-refractivity contribution >= 4 is 34.2 Å². The Morgan fingerprint density at radius 3 is 2.55 bits per heavy atom. The Balaban J connectivity index is 1.60. The second-order valence-electron chi connectivity index (χ2n) is 8.93. The summed E-state index contributed by atoms with van der Waals surface area (Å²) >= 11 is 5.90. The Bertz CT molecular complexity index is 1760. The first-order valence-corrected chi connectivity index (χ1v) is 12.1. The number of nitrogens with one attached hydrogen (secondary N) is 1. The molecule has 0 radical (unpaired) electrons. The van der Waals surface area contributed by atoms with Crippen LogP contribution >= 0.6 is 11.6 Å². The molecule has 0 unspecified atom stereocenters. The van der Waals surface area contributed by atoms with E-state index < -0.39 is 12.0 Å². The summed E-state index contributed by atoms with van der Waals surface area (Å²) in [5, 5.41) is 13.3. The van der Waals surface area contributed by atoms with Crippen LogP contribution in [0.1, 0.15) is 40.5 Å². The van der Waals surface area contributed by atoms with E-state index in [4.69, 9.17) is 21.0 Å². The molecule has 0 aliphatic carbocycles. The highest BCUT2D eigenvalue weighted by Crippen LogP contribution is 2.30. The number of rotatable bonds is 6. The average molecular weight is 531 g/mol. The van der Waals surface area contributed by atoms with Gasteiger partial charge in [-0.3, -0.25) is 14.3 Å². The van der Waals surface area contributed by atoms with Gasteiger partial charge in [0.1, 0.15) is 16.7 Å². The van der Waals surface area contributed by atoms with E-state index in [0.717, 1.165) is 11.1 Å². The lowest BCUT2D eigenvalue weighted by molar-refractivity contribution is 0.0691. The van der Waals surface area contributed by atoms with Gasteiger partial charge in [-0.05, 0) is 49.7 Å². The van der Waals surface area contributed by atoms with Gasteiger partial charge in [0.15, 0.2) is 17.3 Å². The molecule has 0 amide bonds. The monoisotopic (exact) mass is 530 g/mol. The molecule has 5 rings (SSSR count). The quantitative estimate of drug-likeness (QED) is 0.284. The number of aromatic carboxylic acids is 1. The SMILES string of the molecule is Cc1cc([C@@H](C)Nc2ccc(Cl)nc2C(=O)O)c2nc(-c3ccc(-c4cnc(C)o4)nc3)n(C)c(=O)c2c1. The maximum atomic E-state index is 13.4. The zero-order valence-corrected chi connectivity index (χ0v) is 21.7. The molecule has 0 fully saturated rings. The molecule has 38 heavy (non-hydrogen) atoms. The fourth-order valence-electron chi connectivity index (χ4n) is 4.32. The maximum absolute atomic E-state index is 13.4. The maximum Gasteiger partial charge on any atom is 0.356 e. The summed E-state index contributed by atoms with van der Waals surface area (Å²) < 4.78 is 7.04. The zero-order valence-electron chi connectivity index (χ0n) is 21.0. The number of aryl methyl sites for hydroxylation is 2. The van der Waals surface area contributed by atoms with Crippen LogP contribution in [-0.4, -0.2) is 35.6 Å². The van der Waals surface area contributed by atoms with Crippen molar-refractivity contribution in [1.29, 1.82) is 0 Å². The lowest BCUT2D eigenvalue weighted by atomic mass is 10.0. The van der Waals surface area contributed by atoms with Gasteiger partial charge < -0.3 is 14.8 Å². The Labute approximate surface area is 222 Å². The van der Waals surface area contributed by atoms with Crippen LogP contribution in [0.4, 0.5) is 5.69 Å². The average Bonchev–Trinajstić information content (AvgIpc) is 3.33. The topological polar surface area (TPSA) is 136 Å². The summed E-state index contributed by atoms with van der Waals surface area (Å²) in [6.07, 6.45) is 3.24. The van der Waals surface area contributed by atoms with Crippen molar-refractivity contribution in [3.05, 3.63) is 87.0 Å².